The van der Waals surface area contributed by atoms with E-state index < -0.39 is 0 Å². The maximum absolute atomic E-state index is 3.30. The topological polar surface area (TPSA) is 0 Å². The summed E-state index contributed by atoms with van der Waals surface area (Å²) in [5.41, 5.74) is 11.2. The molecule has 0 nitrogen and oxygen atoms in total. The summed E-state index contributed by atoms with van der Waals surface area (Å²) in [7, 11) is 0. The van der Waals surface area contributed by atoms with Crippen molar-refractivity contribution >= 4 is 5.43 Å². The molecule has 0 saturated heterocycles. The second-order valence-corrected chi connectivity index (χ2v) is 16.3. The summed E-state index contributed by atoms with van der Waals surface area (Å²) in [5.74, 6) is 0. The van der Waals surface area contributed by atoms with Crippen molar-refractivity contribution in [3.05, 3.63) is 119 Å². The molecule has 0 bridgehead atoms. The van der Waals surface area contributed by atoms with Gasteiger partial charge >= 0.3 is 67.5 Å². The van der Waals surface area contributed by atoms with Crippen LogP contribution in [0.2, 0.25) is 12.1 Å². The third kappa shape index (κ3) is 7.78. The zero-order chi connectivity index (χ0) is 23.8. The van der Waals surface area contributed by atoms with Crippen LogP contribution in [0.15, 0.2) is 84.9 Å². The number of halogens is 2. The van der Waals surface area contributed by atoms with E-state index in [1.54, 1.807) is 12.1 Å². The summed E-state index contributed by atoms with van der Waals surface area (Å²) in [5, 5.41) is 0. The van der Waals surface area contributed by atoms with Gasteiger partial charge in [-0.2, -0.15) is 59.7 Å². The van der Waals surface area contributed by atoms with Crippen molar-refractivity contribution in [3.8, 4) is 22.3 Å². The standard InChI is InChI=1S/2C13H9.C6H14Si.2ClH.Zr/c2*1-3-7-12-10(5-1)9-11-6-2-4-8-13(11)12;1-3-5-7-6-4-2;;;/h2*1-5,7-8H,9H2;3-6H2,1-2H3;2*1H;/q2*-1;;;;+2/p-2. The quantitative estimate of drug-likeness (QED) is 0.214. The molecule has 0 atom stereocenters. The van der Waals surface area contributed by atoms with Crippen LogP contribution in [-0.4, -0.2) is 5.43 Å². The Hall–Kier alpha value is -1.44. The minimum Gasteiger partial charge on any atom is -1.00 e. The molecule has 0 N–H and O–H groups in total. The molecule has 4 aromatic rings. The minimum absolute atomic E-state index is 0. The molecule has 2 aliphatic rings. The Labute approximate surface area is 245 Å². The molecule has 0 radical (unpaired) electrons. The van der Waals surface area contributed by atoms with E-state index in [0.717, 1.165) is 12.8 Å². The first-order chi connectivity index (χ1) is 16.7. The average Bonchev–Trinajstić information content (AvgIpc) is 3.44. The molecule has 4 heteroatoms. The van der Waals surface area contributed by atoms with Gasteiger partial charge in [0.2, 0.25) is 0 Å². The van der Waals surface area contributed by atoms with Gasteiger partial charge < -0.3 is 24.8 Å². The van der Waals surface area contributed by atoms with Crippen LogP contribution in [0.25, 0.3) is 22.3 Å². The van der Waals surface area contributed by atoms with E-state index >= 15 is 0 Å². The number of hydrogen-bond acceptors (Lipinski definition) is 0. The molecule has 2 aliphatic carbocycles. The molecular weight excluding hydrogens is 575 g/mol. The van der Waals surface area contributed by atoms with Crippen LogP contribution in [-0.2, 0) is 36.2 Å². The Kier molecular flexibility index (Phi) is 13.4. The van der Waals surface area contributed by atoms with Gasteiger partial charge in [0, 0.05) is 0 Å². The molecule has 0 unspecified atom stereocenters. The molecule has 0 aliphatic heterocycles. The van der Waals surface area contributed by atoms with Crippen LogP contribution in [0.1, 0.15) is 48.9 Å². The molecule has 0 aromatic heterocycles. The zero-order valence-corrected chi connectivity index (χ0v) is 26.1. The normalized spacial score (nSPS) is 11.0. The van der Waals surface area contributed by atoms with Gasteiger partial charge in [0.15, 0.2) is 0 Å². The van der Waals surface area contributed by atoms with Gasteiger partial charge in [0.1, 0.15) is 0 Å². The van der Waals surface area contributed by atoms with E-state index in [0.29, 0.717) is 0 Å². The largest absolute Gasteiger partial charge is 1.00 e. The zero-order valence-electron chi connectivity index (χ0n) is 21.1. The van der Waals surface area contributed by atoms with Crippen LogP contribution in [0.4, 0.5) is 0 Å². The SMILES string of the molecule is CCC[Si](=[Zr+2])CCC.[Cl-].[Cl-].[c-]1cccc2c1Cc1ccccc1-2.[c-]1cccc2c1Cc1ccccc1-2. The third-order valence-corrected chi connectivity index (χ3v) is 12.2. The van der Waals surface area contributed by atoms with E-state index in [1.165, 1.54) is 57.3 Å². The third-order valence-electron chi connectivity index (χ3n) is 6.34. The molecule has 6 rings (SSSR count). The maximum Gasteiger partial charge on any atom is -0.0253 e. The molecule has 4 aromatic carbocycles. The van der Waals surface area contributed by atoms with Crippen molar-refractivity contribution in [2.75, 3.05) is 0 Å². The first kappa shape index (κ1) is 30.8. The van der Waals surface area contributed by atoms with Crippen molar-refractivity contribution in [1.82, 2.24) is 0 Å². The fraction of sp³-hybridized carbons (Fsp3) is 0.250. The summed E-state index contributed by atoms with van der Waals surface area (Å²) in [6.45, 7) is 4.59. The fourth-order valence-electron chi connectivity index (χ4n) is 4.72. The molecule has 0 heterocycles. The van der Waals surface area contributed by atoms with Crippen molar-refractivity contribution in [2.45, 2.75) is 51.6 Å². The predicted molar refractivity (Wildman–Crippen MR) is 143 cm³/mol. The Balaban J connectivity index is 0.000000192. The van der Waals surface area contributed by atoms with Crippen molar-refractivity contribution in [2.24, 2.45) is 0 Å². The molecule has 36 heavy (non-hydrogen) atoms. The molecule has 0 fully saturated rings. The number of hydrogen-bond donors (Lipinski definition) is 0. The molecular formula is C32H32Cl2SiZr-2. The predicted octanol–water partition coefficient (Wildman–Crippen LogP) is 2.47. The Morgan fingerprint density at radius 3 is 1.42 bits per heavy atom. The maximum atomic E-state index is 3.30. The number of benzene rings is 4. The van der Waals surface area contributed by atoms with Crippen LogP contribution in [0.5, 0.6) is 0 Å². The Morgan fingerprint density at radius 1 is 0.611 bits per heavy atom. The second-order valence-electron chi connectivity index (χ2n) is 8.90. The smallest absolute Gasteiger partial charge is 0.0253 e. The molecule has 184 valence electrons. The molecule has 0 spiro atoms. The van der Waals surface area contributed by atoms with Crippen LogP contribution >= 0.6 is 0 Å². The second kappa shape index (κ2) is 15.7. The Bertz CT molecular complexity index is 1080. The van der Waals surface area contributed by atoms with Gasteiger partial charge in [-0.25, -0.2) is 0 Å². The molecule has 0 saturated carbocycles. The van der Waals surface area contributed by atoms with Crippen molar-refractivity contribution in [3.63, 3.8) is 0 Å². The fourth-order valence-corrected chi connectivity index (χ4v) is 9.87. The number of fused-ring (bicyclic) bond motifs is 6. The van der Waals surface area contributed by atoms with Crippen LogP contribution < -0.4 is 24.8 Å². The van der Waals surface area contributed by atoms with Gasteiger partial charge in [0.25, 0.3) is 0 Å². The van der Waals surface area contributed by atoms with Crippen LogP contribution in [0.3, 0.4) is 0 Å². The van der Waals surface area contributed by atoms with Gasteiger partial charge in [-0.3, -0.25) is 0 Å². The Morgan fingerprint density at radius 2 is 1.00 bits per heavy atom. The van der Waals surface area contributed by atoms with E-state index in [2.05, 4.69) is 98.8 Å². The van der Waals surface area contributed by atoms with E-state index in [-0.39, 0.29) is 30.2 Å². The first-order valence-electron chi connectivity index (χ1n) is 12.4. The summed E-state index contributed by atoms with van der Waals surface area (Å²) in [4.78, 5) is 0. The van der Waals surface area contributed by atoms with Gasteiger partial charge in [-0.05, 0) is 12.8 Å². The van der Waals surface area contributed by atoms with Crippen molar-refractivity contribution < 1.29 is 48.1 Å². The van der Waals surface area contributed by atoms with Gasteiger partial charge in [-0.1, -0.05) is 70.8 Å². The first-order valence-corrected chi connectivity index (χ1v) is 18.0. The molecule has 0 amide bonds. The number of rotatable bonds is 4. The monoisotopic (exact) mass is 604 g/mol. The van der Waals surface area contributed by atoms with Crippen molar-refractivity contribution in [1.29, 1.82) is 0 Å². The van der Waals surface area contributed by atoms with Crippen LogP contribution in [0, 0.1) is 12.1 Å². The summed E-state index contributed by atoms with van der Waals surface area (Å²) in [6.07, 6.45) is 4.93. The minimum atomic E-state index is 0. The summed E-state index contributed by atoms with van der Waals surface area (Å²) < 4.78 is 0. The van der Waals surface area contributed by atoms with Gasteiger partial charge in [0.05, 0.1) is 0 Å². The summed E-state index contributed by atoms with van der Waals surface area (Å²) in [6, 6.07) is 39.3. The summed E-state index contributed by atoms with van der Waals surface area (Å²) >= 11 is 1.84. The van der Waals surface area contributed by atoms with E-state index in [4.69, 9.17) is 0 Å². The van der Waals surface area contributed by atoms with E-state index in [1.807, 2.05) is 35.5 Å². The average molecular weight is 607 g/mol. The van der Waals surface area contributed by atoms with E-state index in [9.17, 15) is 0 Å². The van der Waals surface area contributed by atoms with Gasteiger partial charge in [-0.15, -0.1) is 11.1 Å².